The molecule has 0 aromatic carbocycles. The summed E-state index contributed by atoms with van der Waals surface area (Å²) in [6.07, 6.45) is 3.66. The van der Waals surface area contributed by atoms with Gasteiger partial charge in [0.05, 0.1) is 12.1 Å². The van der Waals surface area contributed by atoms with Crippen molar-refractivity contribution in [2.45, 2.75) is 58.0 Å². The zero-order valence-corrected chi connectivity index (χ0v) is 11.6. The molecule has 0 aromatic heterocycles. The fourth-order valence-corrected chi connectivity index (χ4v) is 2.46. The zero-order chi connectivity index (χ0) is 13.6. The van der Waals surface area contributed by atoms with Crippen LogP contribution in [0.1, 0.15) is 46.5 Å². The summed E-state index contributed by atoms with van der Waals surface area (Å²) in [7, 11) is 0. The molecule has 0 radical (unpaired) electrons. The van der Waals surface area contributed by atoms with Gasteiger partial charge in [0, 0.05) is 6.04 Å². The number of hydrogen-bond donors (Lipinski definition) is 3. The van der Waals surface area contributed by atoms with Crippen molar-refractivity contribution in [3.8, 4) is 0 Å². The first-order valence-corrected chi connectivity index (χ1v) is 6.83. The highest BCUT2D eigenvalue weighted by Crippen LogP contribution is 2.24. The summed E-state index contributed by atoms with van der Waals surface area (Å²) in [6, 6.07) is 0.101. The second-order valence-electron chi connectivity index (χ2n) is 5.27. The molecular formula is C13H25N3O2. The molecule has 1 aliphatic rings. The van der Waals surface area contributed by atoms with Crippen molar-refractivity contribution in [3.63, 3.8) is 0 Å². The number of carbonyl (C=O) groups excluding carboxylic acids is 2. The lowest BCUT2D eigenvalue weighted by molar-refractivity contribution is -0.130. The molecule has 0 spiro atoms. The number of amides is 2. The largest absolute Gasteiger partial charge is 0.352 e. The Labute approximate surface area is 109 Å². The molecule has 1 atom stereocenters. The summed E-state index contributed by atoms with van der Waals surface area (Å²) in [5.74, 6) is -0.177. The molecule has 1 fully saturated rings. The molecule has 5 nitrogen and oxygen atoms in total. The van der Waals surface area contributed by atoms with E-state index in [1.54, 1.807) is 0 Å². The maximum atomic E-state index is 12.2. The van der Waals surface area contributed by atoms with Crippen molar-refractivity contribution in [2.75, 3.05) is 13.1 Å². The summed E-state index contributed by atoms with van der Waals surface area (Å²) < 4.78 is 0. The fraction of sp³-hybridized carbons (Fsp3) is 0.846. The van der Waals surface area contributed by atoms with Crippen LogP contribution in [0.4, 0.5) is 0 Å². The number of hydrogen-bond acceptors (Lipinski definition) is 3. The maximum Gasteiger partial charge on any atom is 0.240 e. The van der Waals surface area contributed by atoms with Crippen LogP contribution in [0.2, 0.25) is 0 Å². The van der Waals surface area contributed by atoms with E-state index in [-0.39, 0.29) is 24.4 Å². The van der Waals surface area contributed by atoms with Gasteiger partial charge in [-0.1, -0.05) is 13.3 Å². The van der Waals surface area contributed by atoms with Gasteiger partial charge in [0.15, 0.2) is 0 Å². The van der Waals surface area contributed by atoms with Gasteiger partial charge in [0.25, 0.3) is 0 Å². The number of rotatable bonds is 6. The highest BCUT2D eigenvalue weighted by Gasteiger charge is 2.39. The van der Waals surface area contributed by atoms with Gasteiger partial charge in [0.1, 0.15) is 0 Å². The van der Waals surface area contributed by atoms with Gasteiger partial charge in [-0.3, -0.25) is 9.59 Å². The SMILES string of the molecule is CCCC1(C(=O)NCC(=O)NC(C)C)CCCN1. The Morgan fingerprint density at radius 3 is 2.61 bits per heavy atom. The second kappa shape index (κ2) is 6.73. The average molecular weight is 255 g/mol. The first-order valence-electron chi connectivity index (χ1n) is 6.83. The molecule has 3 N–H and O–H groups in total. The third-order valence-corrected chi connectivity index (χ3v) is 3.21. The van der Waals surface area contributed by atoms with Crippen molar-refractivity contribution in [1.29, 1.82) is 0 Å². The molecule has 1 unspecified atom stereocenters. The van der Waals surface area contributed by atoms with Gasteiger partial charge in [-0.25, -0.2) is 0 Å². The van der Waals surface area contributed by atoms with E-state index >= 15 is 0 Å². The van der Waals surface area contributed by atoms with Gasteiger partial charge in [0.2, 0.25) is 11.8 Å². The van der Waals surface area contributed by atoms with E-state index < -0.39 is 5.54 Å². The normalized spacial score (nSPS) is 23.1. The van der Waals surface area contributed by atoms with E-state index in [2.05, 4.69) is 22.9 Å². The fourth-order valence-electron chi connectivity index (χ4n) is 2.46. The van der Waals surface area contributed by atoms with Crippen molar-refractivity contribution in [1.82, 2.24) is 16.0 Å². The highest BCUT2D eigenvalue weighted by molar-refractivity contribution is 5.90. The lowest BCUT2D eigenvalue weighted by Crippen LogP contribution is -2.55. The maximum absolute atomic E-state index is 12.2. The van der Waals surface area contributed by atoms with E-state index in [0.717, 1.165) is 32.2 Å². The average Bonchev–Trinajstić information content (AvgIpc) is 2.75. The smallest absolute Gasteiger partial charge is 0.240 e. The Morgan fingerprint density at radius 1 is 1.39 bits per heavy atom. The van der Waals surface area contributed by atoms with Gasteiger partial charge >= 0.3 is 0 Å². The van der Waals surface area contributed by atoms with Crippen molar-refractivity contribution < 1.29 is 9.59 Å². The standard InChI is InChI=1S/C13H25N3O2/c1-4-6-13(7-5-8-15-13)12(18)14-9-11(17)16-10(2)3/h10,15H,4-9H2,1-3H3,(H,14,18)(H,16,17). The quantitative estimate of drug-likeness (QED) is 0.649. The zero-order valence-electron chi connectivity index (χ0n) is 11.6. The summed E-state index contributed by atoms with van der Waals surface area (Å²) >= 11 is 0. The Bertz CT molecular complexity index is 297. The van der Waals surface area contributed by atoms with Gasteiger partial charge in [-0.15, -0.1) is 0 Å². The molecule has 0 saturated carbocycles. The molecule has 1 aliphatic heterocycles. The molecule has 0 aromatic rings. The molecule has 1 heterocycles. The van der Waals surface area contributed by atoms with Crippen LogP contribution in [0.25, 0.3) is 0 Å². The predicted octanol–water partition coefficient (Wildman–Crippen LogP) is 0.550. The van der Waals surface area contributed by atoms with E-state index in [0.29, 0.717) is 0 Å². The number of carbonyl (C=O) groups is 2. The summed E-state index contributed by atoms with van der Waals surface area (Å²) in [6.45, 7) is 6.81. The second-order valence-corrected chi connectivity index (χ2v) is 5.27. The van der Waals surface area contributed by atoms with Crippen LogP contribution in [-0.2, 0) is 9.59 Å². The third kappa shape index (κ3) is 3.98. The molecule has 18 heavy (non-hydrogen) atoms. The van der Waals surface area contributed by atoms with Crippen LogP contribution in [0.3, 0.4) is 0 Å². The summed E-state index contributed by atoms with van der Waals surface area (Å²) in [4.78, 5) is 23.7. The molecule has 0 aliphatic carbocycles. The van der Waals surface area contributed by atoms with E-state index in [9.17, 15) is 9.59 Å². The Kier molecular flexibility index (Phi) is 5.59. The topological polar surface area (TPSA) is 70.2 Å². The number of nitrogens with one attached hydrogen (secondary N) is 3. The Morgan fingerprint density at radius 2 is 2.11 bits per heavy atom. The summed E-state index contributed by atoms with van der Waals surface area (Å²) in [5.41, 5.74) is -0.452. The van der Waals surface area contributed by atoms with Gasteiger partial charge < -0.3 is 16.0 Å². The first-order chi connectivity index (χ1) is 8.50. The van der Waals surface area contributed by atoms with E-state index in [1.165, 1.54) is 0 Å². The van der Waals surface area contributed by atoms with Crippen molar-refractivity contribution >= 4 is 11.8 Å². The molecular weight excluding hydrogens is 230 g/mol. The minimum absolute atomic E-state index is 0.0410. The minimum Gasteiger partial charge on any atom is -0.352 e. The van der Waals surface area contributed by atoms with Crippen LogP contribution in [0.5, 0.6) is 0 Å². The van der Waals surface area contributed by atoms with Crippen LogP contribution < -0.4 is 16.0 Å². The van der Waals surface area contributed by atoms with Crippen LogP contribution in [0, 0.1) is 0 Å². The molecule has 1 saturated heterocycles. The lowest BCUT2D eigenvalue weighted by atomic mass is 9.91. The highest BCUT2D eigenvalue weighted by atomic mass is 16.2. The Hall–Kier alpha value is -1.10. The van der Waals surface area contributed by atoms with Gasteiger partial charge in [-0.05, 0) is 39.7 Å². The predicted molar refractivity (Wildman–Crippen MR) is 71.2 cm³/mol. The van der Waals surface area contributed by atoms with Crippen molar-refractivity contribution in [3.05, 3.63) is 0 Å². The van der Waals surface area contributed by atoms with Crippen LogP contribution in [0.15, 0.2) is 0 Å². The molecule has 2 amide bonds. The minimum atomic E-state index is -0.452. The first kappa shape index (κ1) is 15.0. The molecule has 0 bridgehead atoms. The van der Waals surface area contributed by atoms with E-state index in [4.69, 9.17) is 0 Å². The molecule has 5 heteroatoms. The molecule has 1 rings (SSSR count). The molecule has 104 valence electrons. The van der Waals surface area contributed by atoms with Gasteiger partial charge in [-0.2, -0.15) is 0 Å². The van der Waals surface area contributed by atoms with E-state index in [1.807, 2.05) is 13.8 Å². The van der Waals surface area contributed by atoms with Crippen molar-refractivity contribution in [2.24, 2.45) is 0 Å². The summed E-state index contributed by atoms with van der Waals surface area (Å²) in [5, 5.41) is 8.79. The van der Waals surface area contributed by atoms with Crippen LogP contribution in [-0.4, -0.2) is 36.5 Å². The monoisotopic (exact) mass is 255 g/mol. The Balaban J connectivity index is 2.45. The lowest BCUT2D eigenvalue weighted by Gasteiger charge is -2.27. The van der Waals surface area contributed by atoms with Crippen LogP contribution >= 0.6 is 0 Å². The third-order valence-electron chi connectivity index (χ3n) is 3.21.